The van der Waals surface area contributed by atoms with Crippen molar-refractivity contribution in [3.63, 3.8) is 0 Å². The lowest BCUT2D eigenvalue weighted by Gasteiger charge is -2.29. The molecule has 0 N–H and O–H groups in total. The van der Waals surface area contributed by atoms with Crippen LogP contribution in [0.2, 0.25) is 0 Å². The Labute approximate surface area is 188 Å². The van der Waals surface area contributed by atoms with Crippen molar-refractivity contribution >= 4 is 5.97 Å². The van der Waals surface area contributed by atoms with Crippen molar-refractivity contribution in [2.75, 3.05) is 27.4 Å². The molecule has 0 aliphatic rings. The van der Waals surface area contributed by atoms with Crippen LogP contribution in [-0.2, 0) is 22.5 Å². The minimum Gasteiger partial charge on any atom is -0.457 e. The third-order valence-corrected chi connectivity index (χ3v) is 5.54. The van der Waals surface area contributed by atoms with Crippen LogP contribution in [0.25, 0.3) is 0 Å². The Kier molecular flexibility index (Phi) is 11.2. The summed E-state index contributed by atoms with van der Waals surface area (Å²) in [5.41, 5.74) is 2.55. The Morgan fingerprint density at radius 1 is 0.871 bits per heavy atom. The van der Waals surface area contributed by atoms with E-state index < -0.39 is 0 Å². The molecule has 0 aliphatic carbocycles. The molecule has 2 aromatic carbocycles. The molecule has 0 aromatic heterocycles. The first kappa shape index (κ1) is 24.9. The second-order valence-corrected chi connectivity index (χ2v) is 9.00. The van der Waals surface area contributed by atoms with Crippen LogP contribution >= 0.6 is 0 Å². The Bertz CT molecular complexity index is 758. The van der Waals surface area contributed by atoms with Crippen LogP contribution in [-0.4, -0.2) is 37.9 Å². The van der Waals surface area contributed by atoms with E-state index in [0.717, 1.165) is 29.7 Å². The van der Waals surface area contributed by atoms with Gasteiger partial charge in [-0.1, -0.05) is 81.5 Å². The molecule has 0 radical (unpaired) electrons. The van der Waals surface area contributed by atoms with Crippen LogP contribution < -0.4 is 4.74 Å². The first-order valence-corrected chi connectivity index (χ1v) is 11.7. The summed E-state index contributed by atoms with van der Waals surface area (Å²) < 4.78 is 11.7. The number of hydrogen-bond acceptors (Lipinski definition) is 3. The van der Waals surface area contributed by atoms with Gasteiger partial charge in [0.05, 0.1) is 27.1 Å². The van der Waals surface area contributed by atoms with Crippen molar-refractivity contribution in [1.29, 1.82) is 0 Å². The van der Waals surface area contributed by atoms with Gasteiger partial charge in [-0.05, 0) is 30.5 Å². The third-order valence-electron chi connectivity index (χ3n) is 5.54. The number of nitrogens with zero attached hydrogens (tertiary/aromatic N) is 1. The number of hydrogen-bond donors (Lipinski definition) is 0. The molecular weight excluding hydrogens is 386 g/mol. The van der Waals surface area contributed by atoms with Gasteiger partial charge >= 0.3 is 5.97 Å². The summed E-state index contributed by atoms with van der Waals surface area (Å²) in [6.45, 7) is 3.82. The van der Waals surface area contributed by atoms with E-state index in [1.807, 2.05) is 30.3 Å². The predicted octanol–water partition coefficient (Wildman–Crippen LogP) is 6.14. The normalized spacial score (nSPS) is 11.3. The Hall–Kier alpha value is -2.33. The van der Waals surface area contributed by atoms with E-state index in [1.54, 1.807) is 0 Å². The van der Waals surface area contributed by atoms with E-state index in [1.165, 1.54) is 49.7 Å². The summed E-state index contributed by atoms with van der Waals surface area (Å²) in [6.07, 6.45) is 9.22. The quantitative estimate of drug-likeness (QED) is 0.149. The molecule has 170 valence electrons. The molecule has 4 nitrogen and oxygen atoms in total. The van der Waals surface area contributed by atoms with Crippen molar-refractivity contribution < 1.29 is 18.8 Å². The molecule has 4 heteroatoms. The summed E-state index contributed by atoms with van der Waals surface area (Å²) in [6, 6.07) is 18.5. The zero-order chi connectivity index (χ0) is 22.4. The largest absolute Gasteiger partial charge is 0.457 e. The van der Waals surface area contributed by atoms with Crippen molar-refractivity contribution in [2.45, 2.75) is 64.8 Å². The maximum Gasteiger partial charge on any atom is 0.314 e. The number of aryl methyl sites for hydroxylation is 1. The van der Waals surface area contributed by atoms with Gasteiger partial charge in [0.1, 0.15) is 12.3 Å². The topological polar surface area (TPSA) is 35.5 Å². The van der Waals surface area contributed by atoms with Gasteiger partial charge < -0.3 is 14.0 Å². The van der Waals surface area contributed by atoms with Crippen LogP contribution in [0.15, 0.2) is 54.6 Å². The van der Waals surface area contributed by atoms with Crippen LogP contribution in [0.4, 0.5) is 0 Å². The van der Waals surface area contributed by atoms with Gasteiger partial charge in [-0.3, -0.25) is 4.79 Å². The Morgan fingerprint density at radius 3 is 2.35 bits per heavy atom. The predicted molar refractivity (Wildman–Crippen MR) is 127 cm³/mol. The van der Waals surface area contributed by atoms with Crippen LogP contribution in [0.3, 0.4) is 0 Å². The molecule has 0 bridgehead atoms. The van der Waals surface area contributed by atoms with Gasteiger partial charge in [-0.2, -0.15) is 0 Å². The Balaban J connectivity index is 1.64. The summed E-state index contributed by atoms with van der Waals surface area (Å²) in [7, 11) is 4.26. The number of unbranched alkanes of at least 4 members (excludes halogenated alkanes) is 5. The molecule has 0 unspecified atom stereocenters. The monoisotopic (exact) mass is 426 g/mol. The summed E-state index contributed by atoms with van der Waals surface area (Å²) in [5.74, 6) is 0.541. The molecule has 31 heavy (non-hydrogen) atoms. The second-order valence-electron chi connectivity index (χ2n) is 9.00. The second kappa shape index (κ2) is 13.9. The average Bonchev–Trinajstić information content (AvgIpc) is 2.76. The number of ether oxygens (including phenoxy) is 2. The maximum atomic E-state index is 12.1. The molecule has 0 saturated heterocycles. The molecule has 0 heterocycles. The maximum absolute atomic E-state index is 12.1. The highest BCUT2D eigenvalue weighted by Gasteiger charge is 2.18. The lowest BCUT2D eigenvalue weighted by atomic mass is 10.0. The van der Waals surface area contributed by atoms with E-state index in [-0.39, 0.29) is 12.8 Å². The summed E-state index contributed by atoms with van der Waals surface area (Å²) >= 11 is 0. The number of benzene rings is 2. The lowest BCUT2D eigenvalue weighted by Crippen LogP contribution is -2.40. The van der Waals surface area contributed by atoms with Crippen molar-refractivity contribution in [2.24, 2.45) is 0 Å². The van der Waals surface area contributed by atoms with Crippen molar-refractivity contribution in [1.82, 2.24) is 0 Å². The molecule has 0 spiro atoms. The minimum atomic E-state index is -0.220. The SMILES string of the molecule is CCCCCCCCc1cccc(OCOC(=O)CC[N+](C)(C)Cc2ccccc2)c1. The number of esters is 1. The van der Waals surface area contributed by atoms with E-state index in [4.69, 9.17) is 9.47 Å². The fraction of sp³-hybridized carbons (Fsp3) is 0.519. The lowest BCUT2D eigenvalue weighted by molar-refractivity contribution is -0.903. The standard InChI is InChI=1S/C27H40NO3/c1-4-5-6-7-8-10-14-24-17-13-18-26(21-24)30-23-31-27(29)19-20-28(2,3)22-25-15-11-9-12-16-25/h9,11-13,15-18,21H,4-8,10,14,19-20,22-23H2,1-3H3/q+1. The van der Waals surface area contributed by atoms with Crippen LogP contribution in [0, 0.1) is 0 Å². The van der Waals surface area contributed by atoms with Crippen molar-refractivity contribution in [3.05, 3.63) is 65.7 Å². The fourth-order valence-electron chi connectivity index (χ4n) is 3.69. The van der Waals surface area contributed by atoms with Gasteiger partial charge in [-0.25, -0.2) is 0 Å². The van der Waals surface area contributed by atoms with E-state index >= 15 is 0 Å². The smallest absolute Gasteiger partial charge is 0.314 e. The van der Waals surface area contributed by atoms with Crippen molar-refractivity contribution in [3.8, 4) is 5.75 Å². The van der Waals surface area contributed by atoms with E-state index in [0.29, 0.717) is 6.42 Å². The average molecular weight is 427 g/mol. The molecule has 0 fully saturated rings. The Morgan fingerprint density at radius 2 is 1.58 bits per heavy atom. The van der Waals surface area contributed by atoms with Crippen LogP contribution in [0.5, 0.6) is 5.75 Å². The summed E-state index contributed by atoms with van der Waals surface area (Å²) in [4.78, 5) is 12.1. The zero-order valence-electron chi connectivity index (χ0n) is 19.6. The van der Waals surface area contributed by atoms with Gasteiger partial charge in [0.2, 0.25) is 6.79 Å². The zero-order valence-corrected chi connectivity index (χ0v) is 19.6. The molecule has 0 amide bonds. The third kappa shape index (κ3) is 11.0. The minimum absolute atomic E-state index is 0.0363. The van der Waals surface area contributed by atoms with Gasteiger partial charge in [0.15, 0.2) is 0 Å². The highest BCUT2D eigenvalue weighted by molar-refractivity contribution is 5.69. The number of carbonyl (C=O) groups excluding carboxylic acids is 1. The first-order chi connectivity index (χ1) is 15.0. The highest BCUT2D eigenvalue weighted by Crippen LogP contribution is 2.16. The number of quaternary nitrogens is 1. The van der Waals surface area contributed by atoms with Gasteiger partial charge in [0, 0.05) is 5.56 Å². The fourth-order valence-corrected chi connectivity index (χ4v) is 3.69. The molecule has 2 rings (SSSR count). The number of carbonyl (C=O) groups is 1. The van der Waals surface area contributed by atoms with Gasteiger partial charge in [-0.15, -0.1) is 0 Å². The first-order valence-electron chi connectivity index (χ1n) is 11.7. The number of rotatable bonds is 15. The molecule has 0 atom stereocenters. The van der Waals surface area contributed by atoms with Crippen LogP contribution in [0.1, 0.15) is 63.0 Å². The summed E-state index contributed by atoms with van der Waals surface area (Å²) in [5, 5.41) is 0. The molecule has 0 saturated carbocycles. The van der Waals surface area contributed by atoms with Gasteiger partial charge in [0.25, 0.3) is 0 Å². The van der Waals surface area contributed by atoms with E-state index in [2.05, 4.69) is 45.3 Å². The molecule has 0 aliphatic heterocycles. The molecular formula is C27H40NO3+. The van der Waals surface area contributed by atoms with E-state index in [9.17, 15) is 4.79 Å². The molecule has 2 aromatic rings. The highest BCUT2D eigenvalue weighted by atomic mass is 16.7.